The van der Waals surface area contributed by atoms with Crippen molar-refractivity contribution < 1.29 is 41.6 Å². The summed E-state index contributed by atoms with van der Waals surface area (Å²) in [5, 5.41) is 9.58. The zero-order valence-corrected chi connectivity index (χ0v) is 48.2. The van der Waals surface area contributed by atoms with E-state index in [4.69, 9.17) is 62.8 Å². The van der Waals surface area contributed by atoms with Crippen LogP contribution in [0.5, 0.6) is 34.5 Å². The van der Waals surface area contributed by atoms with Crippen molar-refractivity contribution in [2.45, 2.75) is 32.7 Å². The molecule has 6 aromatic heterocycles. The number of alkyl halides is 3. The number of thiazole rings is 3. The maximum Gasteiger partial charge on any atom is 0.225 e. The highest BCUT2D eigenvalue weighted by molar-refractivity contribution is 7.98. The molecule has 0 aliphatic carbocycles. The Balaban J connectivity index is 0.000000175. The molecule has 0 spiro atoms. The van der Waals surface area contributed by atoms with E-state index in [-0.39, 0.29) is 43.6 Å². The SMILES string of the molecule is COc1ccc(-c2nc(CSc3nc(N)nc(N)n3)cs2)cc1OCCF.COc1ccc(OCCF)cc1-c1nc(CSc2nc(N)cc(N)n2)cs1.COc1ccc(OCCF)cc1-c1nc(CSc2nc(N)nc(N)n2)cs1. The maximum absolute atomic E-state index is 12.4. The van der Waals surface area contributed by atoms with Gasteiger partial charge >= 0.3 is 0 Å². The van der Waals surface area contributed by atoms with Crippen molar-refractivity contribution in [3.63, 3.8) is 0 Å². The predicted molar refractivity (Wildman–Crippen MR) is 314 cm³/mol. The summed E-state index contributed by atoms with van der Waals surface area (Å²) in [7, 11) is 4.71. The van der Waals surface area contributed by atoms with Gasteiger partial charge in [-0.05, 0) is 54.6 Å². The molecule has 9 rings (SSSR count). The molecule has 9 aromatic rings. The first kappa shape index (κ1) is 60.7. The minimum atomic E-state index is -0.571. The Bertz CT molecular complexity index is 3270. The lowest BCUT2D eigenvalue weighted by atomic mass is 10.2. The number of hydrogen-bond acceptors (Lipinski definition) is 29. The van der Waals surface area contributed by atoms with Gasteiger partial charge in [0.1, 0.15) is 89.5 Å². The summed E-state index contributed by atoms with van der Waals surface area (Å²) in [6.45, 7) is -1.68. The van der Waals surface area contributed by atoms with E-state index in [0.717, 1.165) is 48.8 Å². The fraction of sp³-hybridized carbons (Fsp3) is 0.245. The smallest absolute Gasteiger partial charge is 0.225 e. The molecule has 0 radical (unpaired) electrons. The molecule has 0 fully saturated rings. The standard InChI is InChI=1S/C17H18FN5O2S2.2C16H17FN6O2S2/c1-24-13-3-2-11(25-5-4-18)6-12(13)16-21-10(8-26-16)9-27-17-22-14(19)7-15(20)23-17;1-24-12-3-2-10(25-5-4-17)6-11(12)13-20-9(7-26-13)8-27-16-22-14(18)21-15(19)23-16;1-24-11-3-2-9(6-12(11)25-5-4-17)13-20-10(7-26-13)8-27-16-22-14(18)21-15(19)23-16/h2-3,6-8H,4-5,9H2,1H3,(H4,19,20,22,23);2*2-3,6-7H,4-5,8H2,1H3,(H4,18,19,21,22,23). The Morgan fingerprint density at radius 2 is 0.790 bits per heavy atom. The Labute approximate surface area is 486 Å². The zero-order valence-electron chi connectivity index (χ0n) is 43.3. The highest BCUT2D eigenvalue weighted by Crippen LogP contribution is 2.39. The number of thioether (sulfide) groups is 3. The largest absolute Gasteiger partial charge is 0.496 e. The molecule has 0 aliphatic rings. The monoisotopic (exact) mass is 1220 g/mol. The van der Waals surface area contributed by atoms with Gasteiger partial charge in [-0.25, -0.2) is 38.1 Å². The van der Waals surface area contributed by atoms with Crippen molar-refractivity contribution in [3.8, 4) is 66.2 Å². The van der Waals surface area contributed by atoms with E-state index in [1.165, 1.54) is 82.5 Å². The van der Waals surface area contributed by atoms with Crippen LogP contribution in [0.3, 0.4) is 0 Å². The average Bonchev–Trinajstić information content (AvgIpc) is 4.35. The summed E-state index contributed by atoms with van der Waals surface area (Å²) >= 11 is 8.57. The molecule has 0 aliphatic heterocycles. The average molecular weight is 1220 g/mol. The van der Waals surface area contributed by atoms with Crippen LogP contribution in [0.2, 0.25) is 0 Å². The molecular weight excluding hydrogens is 1170 g/mol. The van der Waals surface area contributed by atoms with E-state index in [2.05, 4.69) is 54.8 Å². The second kappa shape index (κ2) is 30.6. The molecule has 0 atom stereocenters. The van der Waals surface area contributed by atoms with Gasteiger partial charge in [-0.2, -0.15) is 29.9 Å². The van der Waals surface area contributed by atoms with Gasteiger partial charge in [0.15, 0.2) is 27.0 Å². The molecule has 3 aromatic carbocycles. The van der Waals surface area contributed by atoms with Crippen molar-refractivity contribution >= 4 is 105 Å². The summed E-state index contributed by atoms with van der Waals surface area (Å²) in [4.78, 5) is 45.7. The van der Waals surface area contributed by atoms with Crippen molar-refractivity contribution in [1.82, 2.24) is 54.8 Å². The molecule has 0 amide bonds. The minimum Gasteiger partial charge on any atom is -0.496 e. The first-order valence-corrected chi connectivity index (χ1v) is 29.1. The van der Waals surface area contributed by atoms with Gasteiger partial charge in [-0.1, -0.05) is 35.3 Å². The fourth-order valence-electron chi connectivity index (χ4n) is 6.62. The van der Waals surface area contributed by atoms with E-state index in [1.807, 2.05) is 22.2 Å². The first-order chi connectivity index (χ1) is 39.3. The summed E-state index contributed by atoms with van der Waals surface area (Å²) in [5.74, 6) is 6.15. The van der Waals surface area contributed by atoms with Gasteiger partial charge in [0, 0.05) is 45.0 Å². The molecule has 0 saturated carbocycles. The normalized spacial score (nSPS) is 10.7. The van der Waals surface area contributed by atoms with Crippen molar-refractivity contribution in [3.05, 3.63) is 93.9 Å². The van der Waals surface area contributed by atoms with E-state index >= 15 is 0 Å². The van der Waals surface area contributed by atoms with E-state index in [9.17, 15) is 13.2 Å². The van der Waals surface area contributed by atoms with Gasteiger partial charge in [0.05, 0.1) is 49.5 Å². The number of hydrogen-bond donors (Lipinski definition) is 6. The topological polar surface area (TPSA) is 353 Å². The van der Waals surface area contributed by atoms with Gasteiger partial charge in [0.25, 0.3) is 0 Å². The Kier molecular flexibility index (Phi) is 23.0. The van der Waals surface area contributed by atoms with Gasteiger partial charge in [-0.15, -0.1) is 34.0 Å². The highest BCUT2D eigenvalue weighted by atomic mass is 32.2. The third-order valence-corrected chi connectivity index (χ3v) is 15.4. The van der Waals surface area contributed by atoms with Crippen molar-refractivity contribution in [1.29, 1.82) is 0 Å². The Morgan fingerprint density at radius 3 is 1.21 bits per heavy atom. The number of nitrogens with two attached hydrogens (primary N) is 6. The third-order valence-electron chi connectivity index (χ3n) is 9.99. The van der Waals surface area contributed by atoms with Gasteiger partial charge in [0.2, 0.25) is 23.8 Å². The number of rotatable bonds is 24. The van der Waals surface area contributed by atoms with Crippen LogP contribution in [-0.2, 0) is 17.3 Å². The lowest BCUT2D eigenvalue weighted by molar-refractivity contribution is 0.260. The van der Waals surface area contributed by atoms with Crippen LogP contribution in [0.25, 0.3) is 31.7 Å². The molecule has 426 valence electrons. The number of ether oxygens (including phenoxy) is 6. The van der Waals surface area contributed by atoms with Crippen LogP contribution in [0.4, 0.5) is 48.6 Å². The Morgan fingerprint density at radius 1 is 0.407 bits per heavy atom. The molecule has 0 saturated heterocycles. The molecule has 0 bridgehead atoms. The predicted octanol–water partition coefficient (Wildman–Crippen LogP) is 9.03. The summed E-state index contributed by atoms with van der Waals surface area (Å²) in [6, 6.07) is 17.6. The molecule has 6 heterocycles. The van der Waals surface area contributed by atoms with E-state index in [1.54, 1.807) is 62.8 Å². The number of methoxy groups -OCH3 is 3. The van der Waals surface area contributed by atoms with Crippen molar-refractivity contribution in [2.75, 3.05) is 95.6 Å². The molecule has 81 heavy (non-hydrogen) atoms. The number of nitrogens with zero attached hydrogens (tertiary/aromatic N) is 11. The summed E-state index contributed by atoms with van der Waals surface area (Å²) in [6.07, 6.45) is 0. The van der Waals surface area contributed by atoms with E-state index < -0.39 is 20.0 Å². The number of aromatic nitrogens is 11. The Hall–Kier alpha value is -7.91. The van der Waals surface area contributed by atoms with Crippen LogP contribution >= 0.6 is 69.3 Å². The van der Waals surface area contributed by atoms with Gasteiger partial charge < -0.3 is 62.8 Å². The number of anilines is 6. The lowest BCUT2D eigenvalue weighted by Gasteiger charge is -2.10. The van der Waals surface area contributed by atoms with Crippen LogP contribution in [0.15, 0.2) is 92.3 Å². The summed E-state index contributed by atoms with van der Waals surface area (Å²) < 4.78 is 69.2. The lowest BCUT2D eigenvalue weighted by Crippen LogP contribution is -2.03. The minimum absolute atomic E-state index is 0.00369. The second-order valence-corrected chi connectivity index (χ2v) is 21.1. The maximum atomic E-state index is 12.4. The van der Waals surface area contributed by atoms with E-state index in [0.29, 0.717) is 78.9 Å². The molecule has 32 heteroatoms. The number of benzene rings is 3. The quantitative estimate of drug-likeness (QED) is 0.0242. The highest BCUT2D eigenvalue weighted by Gasteiger charge is 2.17. The van der Waals surface area contributed by atoms with Gasteiger partial charge in [-0.3, -0.25) is 0 Å². The fourth-order valence-corrected chi connectivity index (χ4v) is 11.7. The molecular formula is C49H52F3N17O6S6. The van der Waals surface area contributed by atoms with Crippen LogP contribution in [0.1, 0.15) is 17.1 Å². The van der Waals surface area contributed by atoms with Crippen molar-refractivity contribution in [2.24, 2.45) is 0 Å². The zero-order chi connectivity index (χ0) is 57.7. The second-order valence-electron chi connectivity index (χ2n) is 15.7. The number of nitrogen functional groups attached to an aromatic ring is 6. The molecule has 23 nitrogen and oxygen atoms in total. The molecule has 12 N–H and O–H groups in total. The third kappa shape index (κ3) is 18.3. The van der Waals surface area contributed by atoms with Crippen LogP contribution in [-0.4, -0.2) is 116 Å². The molecule has 0 unspecified atom stereocenters. The van der Waals surface area contributed by atoms with Crippen LogP contribution in [0, 0.1) is 0 Å². The number of halogens is 3. The summed E-state index contributed by atoms with van der Waals surface area (Å²) in [5.41, 5.74) is 38.6. The first-order valence-electron chi connectivity index (χ1n) is 23.5. The van der Waals surface area contributed by atoms with Crippen LogP contribution < -0.4 is 62.8 Å².